The maximum Gasteiger partial charge on any atom is 0.352 e. The summed E-state index contributed by atoms with van der Waals surface area (Å²) in [6.07, 6.45) is 0.643. The molecule has 74 valence electrons. The van der Waals surface area contributed by atoms with Crippen molar-refractivity contribution >= 4 is 11.6 Å². The molecule has 0 aliphatic carbocycles. The summed E-state index contributed by atoms with van der Waals surface area (Å²) in [6, 6.07) is 0. The average Bonchev–Trinajstić information content (AvgIpc) is 2.48. The van der Waals surface area contributed by atoms with Crippen LogP contribution in [0.25, 0.3) is 0 Å². The molecule has 13 heavy (non-hydrogen) atoms. The molecule has 0 amide bonds. The van der Waals surface area contributed by atoms with Crippen LogP contribution >= 0.6 is 11.6 Å². The molecule has 0 saturated heterocycles. The molecule has 0 aliphatic rings. The first-order chi connectivity index (χ1) is 5.95. The summed E-state index contributed by atoms with van der Waals surface area (Å²) < 4.78 is 26.3. The maximum absolute atomic E-state index is 12.4. The fourth-order valence-corrected chi connectivity index (χ4v) is 0.971. The number of aromatic nitrogens is 2. The van der Waals surface area contributed by atoms with Crippen LogP contribution in [0, 0.1) is 0 Å². The molecule has 0 bridgehead atoms. The van der Waals surface area contributed by atoms with Crippen molar-refractivity contribution in [3.63, 3.8) is 0 Å². The average molecular weight is 211 g/mol. The Morgan fingerprint density at radius 2 is 2.38 bits per heavy atom. The van der Waals surface area contributed by atoms with Gasteiger partial charge in [0.25, 0.3) is 0 Å². The SMILES string of the molecule is CCn1cnc(C(O)C(F)(F)Cl)c1. The Balaban J connectivity index is 2.83. The maximum atomic E-state index is 12.4. The molecule has 0 saturated carbocycles. The van der Waals surface area contributed by atoms with Crippen LogP contribution in [0.4, 0.5) is 8.78 Å². The highest BCUT2D eigenvalue weighted by Gasteiger charge is 2.38. The minimum atomic E-state index is -3.67. The monoisotopic (exact) mass is 210 g/mol. The largest absolute Gasteiger partial charge is 0.379 e. The number of aliphatic hydroxyl groups excluding tert-OH is 1. The van der Waals surface area contributed by atoms with E-state index in [4.69, 9.17) is 5.11 Å². The Kier molecular flexibility index (Phi) is 2.87. The third-order valence-electron chi connectivity index (χ3n) is 1.61. The van der Waals surface area contributed by atoms with Crippen LogP contribution in [0.1, 0.15) is 18.7 Å². The van der Waals surface area contributed by atoms with Crippen LogP contribution in [-0.4, -0.2) is 20.0 Å². The predicted octanol–water partition coefficient (Wildman–Crippen LogP) is 1.77. The second kappa shape index (κ2) is 3.59. The number of hydrogen-bond acceptors (Lipinski definition) is 2. The molecule has 0 fully saturated rings. The Hall–Kier alpha value is -0.680. The Bertz CT molecular complexity index is 284. The molecule has 0 aliphatic heterocycles. The van der Waals surface area contributed by atoms with E-state index in [-0.39, 0.29) is 5.69 Å². The highest BCUT2D eigenvalue weighted by atomic mass is 35.5. The first-order valence-corrected chi connectivity index (χ1v) is 4.09. The van der Waals surface area contributed by atoms with Crippen molar-refractivity contribution in [1.82, 2.24) is 9.55 Å². The fourth-order valence-electron chi connectivity index (χ4n) is 0.859. The van der Waals surface area contributed by atoms with Crippen molar-refractivity contribution in [3.05, 3.63) is 18.2 Å². The molecular weight excluding hydrogens is 202 g/mol. The van der Waals surface area contributed by atoms with E-state index in [1.807, 2.05) is 6.92 Å². The van der Waals surface area contributed by atoms with E-state index in [9.17, 15) is 8.78 Å². The molecule has 1 aromatic rings. The van der Waals surface area contributed by atoms with E-state index in [1.54, 1.807) is 4.57 Å². The van der Waals surface area contributed by atoms with E-state index in [0.717, 1.165) is 0 Å². The molecule has 3 nitrogen and oxygen atoms in total. The molecule has 0 spiro atoms. The summed E-state index contributed by atoms with van der Waals surface area (Å²) in [7, 11) is 0. The van der Waals surface area contributed by atoms with Gasteiger partial charge >= 0.3 is 5.38 Å². The quantitative estimate of drug-likeness (QED) is 0.773. The normalized spacial score (nSPS) is 14.5. The van der Waals surface area contributed by atoms with Crippen LogP contribution in [0.3, 0.4) is 0 Å². The van der Waals surface area contributed by atoms with Gasteiger partial charge in [0.1, 0.15) is 0 Å². The highest BCUT2D eigenvalue weighted by molar-refractivity contribution is 6.22. The first kappa shape index (κ1) is 10.4. The van der Waals surface area contributed by atoms with Crippen molar-refractivity contribution in [2.24, 2.45) is 0 Å². The number of hydrogen-bond donors (Lipinski definition) is 1. The van der Waals surface area contributed by atoms with Crippen LogP contribution < -0.4 is 0 Å². The number of halogens is 3. The van der Waals surface area contributed by atoms with Crippen molar-refractivity contribution < 1.29 is 13.9 Å². The van der Waals surface area contributed by atoms with Gasteiger partial charge in [-0.2, -0.15) is 8.78 Å². The highest BCUT2D eigenvalue weighted by Crippen LogP contribution is 2.33. The van der Waals surface area contributed by atoms with Gasteiger partial charge in [-0.05, 0) is 18.5 Å². The third kappa shape index (κ3) is 2.38. The number of aliphatic hydroxyl groups is 1. The summed E-state index contributed by atoms with van der Waals surface area (Å²) in [6.45, 7) is 2.43. The lowest BCUT2D eigenvalue weighted by Crippen LogP contribution is -2.19. The summed E-state index contributed by atoms with van der Waals surface area (Å²) in [5, 5.41) is 5.33. The van der Waals surface area contributed by atoms with Crippen LogP contribution in [0.2, 0.25) is 0 Å². The molecule has 1 aromatic heterocycles. The van der Waals surface area contributed by atoms with Gasteiger partial charge in [-0.1, -0.05) is 0 Å². The standard InChI is InChI=1S/C7H9ClF2N2O/c1-2-12-3-5(11-4-12)6(13)7(8,9)10/h3-4,6,13H,2H2,1H3. The number of alkyl halides is 3. The Morgan fingerprint density at radius 3 is 2.77 bits per heavy atom. The van der Waals surface area contributed by atoms with E-state index in [2.05, 4.69) is 16.6 Å². The van der Waals surface area contributed by atoms with Gasteiger partial charge in [0.2, 0.25) is 0 Å². The van der Waals surface area contributed by atoms with Gasteiger partial charge in [0.15, 0.2) is 6.10 Å². The van der Waals surface area contributed by atoms with Gasteiger partial charge in [0, 0.05) is 12.7 Å². The van der Waals surface area contributed by atoms with Crippen LogP contribution in [0.15, 0.2) is 12.5 Å². The number of nitrogens with zero attached hydrogens (tertiary/aromatic N) is 2. The topological polar surface area (TPSA) is 38.0 Å². The Labute approximate surface area is 79.0 Å². The molecule has 1 rings (SSSR count). The number of aryl methyl sites for hydroxylation is 1. The zero-order valence-electron chi connectivity index (χ0n) is 6.91. The summed E-state index contributed by atoms with van der Waals surface area (Å²) >= 11 is 4.64. The summed E-state index contributed by atoms with van der Waals surface area (Å²) in [5.74, 6) is 0. The van der Waals surface area contributed by atoms with Gasteiger partial charge in [-0.25, -0.2) is 4.98 Å². The second-order valence-electron chi connectivity index (χ2n) is 2.57. The van der Waals surface area contributed by atoms with Crippen molar-refractivity contribution in [1.29, 1.82) is 0 Å². The molecule has 1 unspecified atom stereocenters. The minimum absolute atomic E-state index is 0.123. The number of rotatable bonds is 3. The Morgan fingerprint density at radius 1 is 1.77 bits per heavy atom. The lowest BCUT2D eigenvalue weighted by Gasteiger charge is -2.12. The molecule has 1 heterocycles. The lowest BCUT2D eigenvalue weighted by molar-refractivity contribution is -0.0444. The molecule has 1 atom stereocenters. The summed E-state index contributed by atoms with van der Waals surface area (Å²) in [5.41, 5.74) is -0.123. The molecule has 0 aromatic carbocycles. The van der Waals surface area contributed by atoms with Crippen LogP contribution in [0.5, 0.6) is 0 Å². The molecule has 0 radical (unpaired) electrons. The predicted molar refractivity (Wildman–Crippen MR) is 43.7 cm³/mol. The van der Waals surface area contributed by atoms with Gasteiger partial charge < -0.3 is 9.67 Å². The van der Waals surface area contributed by atoms with Crippen molar-refractivity contribution in [2.75, 3.05) is 0 Å². The van der Waals surface area contributed by atoms with Crippen LogP contribution in [-0.2, 0) is 6.54 Å². The van der Waals surface area contributed by atoms with E-state index in [1.165, 1.54) is 12.5 Å². The second-order valence-corrected chi connectivity index (χ2v) is 3.08. The zero-order chi connectivity index (χ0) is 10.1. The van der Waals surface area contributed by atoms with E-state index in [0.29, 0.717) is 6.54 Å². The minimum Gasteiger partial charge on any atom is -0.379 e. The first-order valence-electron chi connectivity index (χ1n) is 3.71. The van der Waals surface area contributed by atoms with Gasteiger partial charge in [-0.3, -0.25) is 0 Å². The van der Waals surface area contributed by atoms with Crippen molar-refractivity contribution in [2.45, 2.75) is 25.0 Å². The van der Waals surface area contributed by atoms with Crippen molar-refractivity contribution in [3.8, 4) is 0 Å². The third-order valence-corrected chi connectivity index (χ3v) is 1.82. The van der Waals surface area contributed by atoms with E-state index < -0.39 is 11.5 Å². The van der Waals surface area contributed by atoms with Gasteiger partial charge in [-0.15, -0.1) is 0 Å². The molecule has 1 N–H and O–H groups in total. The van der Waals surface area contributed by atoms with E-state index >= 15 is 0 Å². The van der Waals surface area contributed by atoms with Gasteiger partial charge in [0.05, 0.1) is 12.0 Å². The summed E-state index contributed by atoms with van der Waals surface area (Å²) in [4.78, 5) is 3.60. The fraction of sp³-hybridized carbons (Fsp3) is 0.571. The lowest BCUT2D eigenvalue weighted by atomic mass is 10.3. The number of imidazole rings is 1. The smallest absolute Gasteiger partial charge is 0.352 e. The molecular formula is C7H9ClF2N2O. The molecule has 6 heteroatoms. The zero-order valence-corrected chi connectivity index (χ0v) is 7.67.